The molecule has 0 radical (unpaired) electrons. The molecule has 2 heteroatoms. The molecule has 0 aromatic heterocycles. The third-order valence-electron chi connectivity index (χ3n) is 3.02. The summed E-state index contributed by atoms with van der Waals surface area (Å²) in [6.45, 7) is 4.70. The summed E-state index contributed by atoms with van der Waals surface area (Å²) < 4.78 is 0. The van der Waals surface area contributed by atoms with Crippen LogP contribution in [0, 0.1) is 5.92 Å². The van der Waals surface area contributed by atoms with E-state index in [4.69, 9.17) is 5.11 Å². The van der Waals surface area contributed by atoms with Gasteiger partial charge in [-0.1, -0.05) is 20.3 Å². The quantitative estimate of drug-likeness (QED) is 0.672. The van der Waals surface area contributed by atoms with Gasteiger partial charge in [0.25, 0.3) is 0 Å². The van der Waals surface area contributed by atoms with Gasteiger partial charge in [-0.25, -0.2) is 0 Å². The lowest BCUT2D eigenvalue weighted by molar-refractivity contribution is 0.219. The molecule has 2 N–H and O–H groups in total. The summed E-state index contributed by atoms with van der Waals surface area (Å²) in [7, 11) is 0. The standard InChI is InChI=1S/C10H21NO/c1-3-9(7-12)11-10-6-4-5-8(10)2/h8-12H,3-7H2,1-2H3. The third kappa shape index (κ3) is 2.46. The Hall–Kier alpha value is -0.0800. The molecule has 3 atom stereocenters. The first-order valence-corrected chi connectivity index (χ1v) is 5.14. The largest absolute Gasteiger partial charge is 0.395 e. The van der Waals surface area contributed by atoms with Gasteiger partial charge in [-0.3, -0.25) is 0 Å². The molecule has 1 saturated carbocycles. The molecule has 1 rings (SSSR count). The van der Waals surface area contributed by atoms with E-state index in [1.807, 2.05) is 0 Å². The highest BCUT2D eigenvalue weighted by molar-refractivity contribution is 4.82. The Bertz CT molecular complexity index is 123. The molecule has 1 aliphatic rings. The number of rotatable bonds is 4. The minimum absolute atomic E-state index is 0.278. The van der Waals surface area contributed by atoms with Gasteiger partial charge in [0.15, 0.2) is 0 Å². The summed E-state index contributed by atoms with van der Waals surface area (Å²) in [5.41, 5.74) is 0. The second kappa shape index (κ2) is 4.83. The van der Waals surface area contributed by atoms with Crippen LogP contribution in [0.2, 0.25) is 0 Å². The average molecular weight is 171 g/mol. The Balaban J connectivity index is 2.28. The fourth-order valence-electron chi connectivity index (χ4n) is 2.00. The molecule has 0 aromatic rings. The van der Waals surface area contributed by atoms with Crippen LogP contribution in [0.3, 0.4) is 0 Å². The molecule has 0 heterocycles. The Morgan fingerprint density at radius 3 is 2.67 bits per heavy atom. The van der Waals surface area contributed by atoms with Crippen molar-refractivity contribution in [2.24, 2.45) is 5.92 Å². The fraction of sp³-hybridized carbons (Fsp3) is 1.00. The summed E-state index contributed by atoms with van der Waals surface area (Å²) >= 11 is 0. The lowest BCUT2D eigenvalue weighted by atomic mass is 10.0. The summed E-state index contributed by atoms with van der Waals surface area (Å²) in [5.74, 6) is 0.797. The molecule has 0 spiro atoms. The van der Waals surface area contributed by atoms with Gasteiger partial charge in [0.1, 0.15) is 0 Å². The maximum absolute atomic E-state index is 9.01. The van der Waals surface area contributed by atoms with Crippen LogP contribution >= 0.6 is 0 Å². The molecule has 0 aromatic carbocycles. The first kappa shape index (κ1) is 10.0. The number of nitrogens with one attached hydrogen (secondary N) is 1. The van der Waals surface area contributed by atoms with E-state index in [0.29, 0.717) is 12.1 Å². The van der Waals surface area contributed by atoms with Crippen LogP contribution in [-0.4, -0.2) is 23.8 Å². The summed E-state index contributed by atoms with van der Waals surface area (Å²) in [6.07, 6.45) is 5.01. The fourth-order valence-corrected chi connectivity index (χ4v) is 2.00. The molecule has 2 nitrogen and oxygen atoms in total. The van der Waals surface area contributed by atoms with Gasteiger partial charge < -0.3 is 10.4 Å². The molecule has 0 bridgehead atoms. The molecule has 0 amide bonds. The highest BCUT2D eigenvalue weighted by Crippen LogP contribution is 2.25. The predicted octanol–water partition coefficient (Wildman–Crippen LogP) is 1.54. The lowest BCUT2D eigenvalue weighted by Gasteiger charge is -2.23. The van der Waals surface area contributed by atoms with E-state index in [9.17, 15) is 0 Å². The van der Waals surface area contributed by atoms with Crippen molar-refractivity contribution >= 4 is 0 Å². The smallest absolute Gasteiger partial charge is 0.0584 e. The van der Waals surface area contributed by atoms with Gasteiger partial charge in [0, 0.05) is 12.1 Å². The summed E-state index contributed by atoms with van der Waals surface area (Å²) in [4.78, 5) is 0. The topological polar surface area (TPSA) is 32.3 Å². The van der Waals surface area contributed by atoms with Crippen LogP contribution in [0.5, 0.6) is 0 Å². The minimum Gasteiger partial charge on any atom is -0.395 e. The van der Waals surface area contributed by atoms with Crippen LogP contribution in [0.4, 0.5) is 0 Å². The average Bonchev–Trinajstić information content (AvgIpc) is 2.47. The van der Waals surface area contributed by atoms with Gasteiger partial charge in [0.2, 0.25) is 0 Å². The minimum atomic E-state index is 0.278. The number of hydrogen-bond acceptors (Lipinski definition) is 2. The van der Waals surface area contributed by atoms with E-state index in [2.05, 4.69) is 19.2 Å². The van der Waals surface area contributed by atoms with Crippen LogP contribution in [0.1, 0.15) is 39.5 Å². The Labute approximate surface area is 75.4 Å². The Kier molecular flexibility index (Phi) is 4.02. The highest BCUT2D eigenvalue weighted by Gasteiger charge is 2.24. The van der Waals surface area contributed by atoms with Crippen LogP contribution < -0.4 is 5.32 Å². The SMILES string of the molecule is CCC(CO)NC1CCCC1C. The van der Waals surface area contributed by atoms with Crippen molar-refractivity contribution in [3.8, 4) is 0 Å². The van der Waals surface area contributed by atoms with E-state index in [1.54, 1.807) is 0 Å². The highest BCUT2D eigenvalue weighted by atomic mass is 16.3. The van der Waals surface area contributed by atoms with Crippen LogP contribution in [0.15, 0.2) is 0 Å². The summed E-state index contributed by atoms with van der Waals surface area (Å²) in [6, 6.07) is 0.970. The van der Waals surface area contributed by atoms with Crippen molar-refractivity contribution in [3.63, 3.8) is 0 Å². The van der Waals surface area contributed by atoms with E-state index < -0.39 is 0 Å². The molecule has 72 valence electrons. The number of aliphatic hydroxyl groups is 1. The second-order valence-corrected chi connectivity index (χ2v) is 3.97. The van der Waals surface area contributed by atoms with Gasteiger partial charge in [0.05, 0.1) is 6.61 Å². The van der Waals surface area contributed by atoms with E-state index in [0.717, 1.165) is 12.3 Å². The van der Waals surface area contributed by atoms with Crippen LogP contribution in [0.25, 0.3) is 0 Å². The van der Waals surface area contributed by atoms with Crippen LogP contribution in [-0.2, 0) is 0 Å². The molecular formula is C10H21NO. The van der Waals surface area contributed by atoms with Gasteiger partial charge in [-0.15, -0.1) is 0 Å². The Morgan fingerprint density at radius 1 is 1.50 bits per heavy atom. The molecule has 0 saturated heterocycles. The monoisotopic (exact) mass is 171 g/mol. The molecule has 0 aliphatic heterocycles. The molecular weight excluding hydrogens is 150 g/mol. The second-order valence-electron chi connectivity index (χ2n) is 3.97. The van der Waals surface area contributed by atoms with E-state index in [1.165, 1.54) is 19.3 Å². The van der Waals surface area contributed by atoms with E-state index >= 15 is 0 Å². The van der Waals surface area contributed by atoms with Gasteiger partial charge >= 0.3 is 0 Å². The van der Waals surface area contributed by atoms with Crippen molar-refractivity contribution in [3.05, 3.63) is 0 Å². The molecule has 1 aliphatic carbocycles. The number of hydrogen-bond donors (Lipinski definition) is 2. The zero-order valence-electron chi connectivity index (χ0n) is 8.21. The normalized spacial score (nSPS) is 32.2. The zero-order valence-corrected chi connectivity index (χ0v) is 8.21. The maximum atomic E-state index is 9.01. The van der Waals surface area contributed by atoms with Crippen molar-refractivity contribution in [2.45, 2.75) is 51.6 Å². The first-order valence-electron chi connectivity index (χ1n) is 5.14. The Morgan fingerprint density at radius 2 is 2.25 bits per heavy atom. The predicted molar refractivity (Wildman–Crippen MR) is 51.1 cm³/mol. The van der Waals surface area contributed by atoms with Crippen molar-refractivity contribution in [2.75, 3.05) is 6.61 Å². The first-order chi connectivity index (χ1) is 5.77. The third-order valence-corrected chi connectivity index (χ3v) is 3.02. The molecule has 3 unspecified atom stereocenters. The molecule has 1 fully saturated rings. The summed E-state index contributed by atoms with van der Waals surface area (Å²) in [5, 5.41) is 12.5. The lowest BCUT2D eigenvalue weighted by Crippen LogP contribution is -2.41. The maximum Gasteiger partial charge on any atom is 0.0584 e. The van der Waals surface area contributed by atoms with Crippen molar-refractivity contribution < 1.29 is 5.11 Å². The van der Waals surface area contributed by atoms with Gasteiger partial charge in [-0.2, -0.15) is 0 Å². The molecule has 12 heavy (non-hydrogen) atoms. The van der Waals surface area contributed by atoms with Crippen molar-refractivity contribution in [1.29, 1.82) is 0 Å². The van der Waals surface area contributed by atoms with Gasteiger partial charge in [-0.05, 0) is 25.2 Å². The van der Waals surface area contributed by atoms with E-state index in [-0.39, 0.29) is 6.61 Å². The zero-order chi connectivity index (χ0) is 8.97. The van der Waals surface area contributed by atoms with Crippen molar-refractivity contribution in [1.82, 2.24) is 5.32 Å². The number of aliphatic hydroxyl groups excluding tert-OH is 1.